The van der Waals surface area contributed by atoms with E-state index in [9.17, 15) is 4.79 Å². The second-order valence-corrected chi connectivity index (χ2v) is 4.69. The van der Waals surface area contributed by atoms with Gasteiger partial charge >= 0.3 is 0 Å². The van der Waals surface area contributed by atoms with Crippen LogP contribution in [0.1, 0.15) is 19.2 Å². The standard InChI is InChI=1S/C12H14N8O/c1-7(21)3-4-8-16-10(13)9-11(17-8)19(2)12(18-9)20-14-5-6-15-20/h5-6H,3-4H2,1-2H3,(H2,13,16,17). The van der Waals surface area contributed by atoms with Gasteiger partial charge in [-0.05, 0) is 6.92 Å². The Morgan fingerprint density at radius 1 is 1.24 bits per heavy atom. The number of imidazole rings is 1. The summed E-state index contributed by atoms with van der Waals surface area (Å²) >= 11 is 0. The van der Waals surface area contributed by atoms with Gasteiger partial charge in [-0.3, -0.25) is 4.57 Å². The van der Waals surface area contributed by atoms with E-state index in [0.717, 1.165) is 0 Å². The van der Waals surface area contributed by atoms with E-state index >= 15 is 0 Å². The first-order valence-electron chi connectivity index (χ1n) is 6.41. The summed E-state index contributed by atoms with van der Waals surface area (Å²) in [5.41, 5.74) is 7.02. The van der Waals surface area contributed by atoms with Gasteiger partial charge in [0.15, 0.2) is 17.0 Å². The Kier molecular flexibility index (Phi) is 3.09. The Balaban J connectivity index is 2.09. The summed E-state index contributed by atoms with van der Waals surface area (Å²) in [4.78, 5) is 25.5. The number of Topliss-reactive ketones (excluding diaryl/α,β-unsaturated/α-hetero) is 1. The van der Waals surface area contributed by atoms with Crippen molar-refractivity contribution in [2.24, 2.45) is 7.05 Å². The van der Waals surface area contributed by atoms with Gasteiger partial charge in [0, 0.05) is 19.9 Å². The summed E-state index contributed by atoms with van der Waals surface area (Å²) in [6.45, 7) is 1.54. The highest BCUT2D eigenvalue weighted by atomic mass is 16.1. The number of carbonyl (C=O) groups excluding carboxylic acids is 1. The number of nitrogens with zero attached hydrogens (tertiary/aromatic N) is 7. The van der Waals surface area contributed by atoms with Gasteiger partial charge in [-0.1, -0.05) is 0 Å². The number of rotatable bonds is 4. The van der Waals surface area contributed by atoms with Crippen molar-refractivity contribution in [2.75, 3.05) is 5.73 Å². The number of nitrogen functional groups attached to an aromatic ring is 1. The third-order valence-corrected chi connectivity index (χ3v) is 3.07. The van der Waals surface area contributed by atoms with Gasteiger partial charge < -0.3 is 10.5 Å². The Morgan fingerprint density at radius 3 is 2.62 bits per heavy atom. The van der Waals surface area contributed by atoms with Gasteiger partial charge in [-0.15, -0.1) is 4.80 Å². The minimum atomic E-state index is 0.0868. The number of aryl methyl sites for hydroxylation is 2. The van der Waals surface area contributed by atoms with E-state index in [2.05, 4.69) is 25.1 Å². The predicted molar refractivity (Wildman–Crippen MR) is 74.6 cm³/mol. The van der Waals surface area contributed by atoms with Crippen molar-refractivity contribution in [2.45, 2.75) is 19.8 Å². The zero-order valence-corrected chi connectivity index (χ0v) is 11.7. The monoisotopic (exact) mass is 286 g/mol. The molecule has 0 amide bonds. The lowest BCUT2D eigenvalue weighted by atomic mass is 10.2. The lowest BCUT2D eigenvalue weighted by Gasteiger charge is -2.02. The van der Waals surface area contributed by atoms with E-state index in [1.165, 1.54) is 11.7 Å². The van der Waals surface area contributed by atoms with Crippen molar-refractivity contribution in [1.29, 1.82) is 0 Å². The van der Waals surface area contributed by atoms with Crippen LogP contribution in [-0.2, 0) is 18.3 Å². The van der Waals surface area contributed by atoms with Crippen LogP contribution >= 0.6 is 0 Å². The fourth-order valence-electron chi connectivity index (χ4n) is 2.02. The fourth-order valence-corrected chi connectivity index (χ4v) is 2.02. The van der Waals surface area contributed by atoms with E-state index in [0.29, 0.717) is 35.8 Å². The Bertz CT molecular complexity index is 804. The first kappa shape index (κ1) is 13.2. The van der Waals surface area contributed by atoms with Crippen molar-refractivity contribution in [3.05, 3.63) is 18.2 Å². The number of fused-ring (bicyclic) bond motifs is 1. The minimum absolute atomic E-state index is 0.0868. The Labute approximate surface area is 119 Å². The molecule has 3 aromatic heterocycles. The largest absolute Gasteiger partial charge is 0.382 e. The Hall–Kier alpha value is -2.84. The molecule has 3 heterocycles. The molecule has 0 bridgehead atoms. The summed E-state index contributed by atoms with van der Waals surface area (Å²) in [6, 6.07) is 0. The van der Waals surface area contributed by atoms with E-state index in [1.54, 1.807) is 24.0 Å². The molecule has 3 rings (SSSR count). The third-order valence-electron chi connectivity index (χ3n) is 3.07. The maximum absolute atomic E-state index is 11.1. The molecule has 0 unspecified atom stereocenters. The Morgan fingerprint density at radius 2 is 1.95 bits per heavy atom. The van der Waals surface area contributed by atoms with Crippen molar-refractivity contribution < 1.29 is 4.79 Å². The highest BCUT2D eigenvalue weighted by molar-refractivity contribution is 5.83. The second kappa shape index (κ2) is 4.93. The van der Waals surface area contributed by atoms with Crippen molar-refractivity contribution in [1.82, 2.24) is 34.5 Å². The van der Waals surface area contributed by atoms with Crippen LogP contribution in [0.15, 0.2) is 12.4 Å². The van der Waals surface area contributed by atoms with E-state index in [1.807, 2.05) is 0 Å². The molecule has 21 heavy (non-hydrogen) atoms. The zero-order chi connectivity index (χ0) is 15.0. The van der Waals surface area contributed by atoms with Crippen LogP contribution in [0.3, 0.4) is 0 Å². The first-order valence-corrected chi connectivity index (χ1v) is 6.41. The molecule has 108 valence electrons. The molecular formula is C12H14N8O. The number of ketones is 1. The molecule has 0 saturated carbocycles. The number of hydrogen-bond acceptors (Lipinski definition) is 7. The van der Waals surface area contributed by atoms with Gasteiger partial charge in [-0.2, -0.15) is 10.2 Å². The molecular weight excluding hydrogens is 272 g/mol. The van der Waals surface area contributed by atoms with E-state index in [4.69, 9.17) is 5.73 Å². The highest BCUT2D eigenvalue weighted by Gasteiger charge is 2.16. The molecule has 0 aliphatic carbocycles. The lowest BCUT2D eigenvalue weighted by molar-refractivity contribution is -0.117. The van der Waals surface area contributed by atoms with Crippen molar-refractivity contribution in [3.63, 3.8) is 0 Å². The molecule has 9 heteroatoms. The SMILES string of the molecule is CC(=O)CCc1nc(N)c2nc(-n3nccn3)n(C)c2n1. The molecule has 0 aromatic carbocycles. The maximum Gasteiger partial charge on any atom is 0.251 e. The average Bonchev–Trinajstić information content (AvgIpc) is 3.05. The van der Waals surface area contributed by atoms with Crippen LogP contribution < -0.4 is 5.73 Å². The summed E-state index contributed by atoms with van der Waals surface area (Å²) in [5, 5.41) is 8.09. The average molecular weight is 286 g/mol. The molecule has 0 aliphatic heterocycles. The predicted octanol–water partition coefficient (Wildman–Crippen LogP) is 0.0478. The number of hydrogen-bond donors (Lipinski definition) is 1. The minimum Gasteiger partial charge on any atom is -0.382 e. The summed E-state index contributed by atoms with van der Waals surface area (Å²) < 4.78 is 1.74. The summed E-state index contributed by atoms with van der Waals surface area (Å²) in [5.74, 6) is 1.40. The highest BCUT2D eigenvalue weighted by Crippen LogP contribution is 2.19. The summed E-state index contributed by atoms with van der Waals surface area (Å²) in [6.07, 6.45) is 3.96. The number of carbonyl (C=O) groups is 1. The quantitative estimate of drug-likeness (QED) is 0.719. The normalized spacial score (nSPS) is 11.1. The van der Waals surface area contributed by atoms with Gasteiger partial charge in [0.05, 0.1) is 12.4 Å². The molecule has 0 saturated heterocycles. The topological polar surface area (TPSA) is 117 Å². The number of anilines is 1. The van der Waals surface area contributed by atoms with Crippen LogP contribution in [0.4, 0.5) is 5.82 Å². The molecule has 0 atom stereocenters. The van der Waals surface area contributed by atoms with Crippen LogP contribution in [-0.4, -0.2) is 40.3 Å². The van der Waals surface area contributed by atoms with Crippen molar-refractivity contribution >= 4 is 22.8 Å². The summed E-state index contributed by atoms with van der Waals surface area (Å²) in [7, 11) is 1.80. The molecule has 3 aromatic rings. The molecule has 0 fully saturated rings. The van der Waals surface area contributed by atoms with Gasteiger partial charge in [0.2, 0.25) is 0 Å². The van der Waals surface area contributed by atoms with Crippen molar-refractivity contribution in [3.8, 4) is 5.95 Å². The number of aromatic nitrogens is 7. The van der Waals surface area contributed by atoms with Crippen LogP contribution in [0.2, 0.25) is 0 Å². The molecule has 0 spiro atoms. The van der Waals surface area contributed by atoms with Gasteiger partial charge in [-0.25, -0.2) is 15.0 Å². The van der Waals surface area contributed by atoms with Crippen LogP contribution in [0.5, 0.6) is 0 Å². The molecule has 2 N–H and O–H groups in total. The van der Waals surface area contributed by atoms with E-state index < -0.39 is 0 Å². The maximum atomic E-state index is 11.1. The molecule has 9 nitrogen and oxygen atoms in total. The zero-order valence-electron chi connectivity index (χ0n) is 11.7. The first-order chi connectivity index (χ1) is 10.1. The smallest absolute Gasteiger partial charge is 0.251 e. The molecule has 0 radical (unpaired) electrons. The fraction of sp³-hybridized carbons (Fsp3) is 0.333. The van der Waals surface area contributed by atoms with Crippen LogP contribution in [0.25, 0.3) is 17.1 Å². The van der Waals surface area contributed by atoms with Crippen LogP contribution in [0, 0.1) is 0 Å². The van der Waals surface area contributed by atoms with Gasteiger partial charge in [0.1, 0.15) is 11.6 Å². The lowest BCUT2D eigenvalue weighted by Crippen LogP contribution is -2.07. The molecule has 0 aliphatic rings. The van der Waals surface area contributed by atoms with E-state index in [-0.39, 0.29) is 11.6 Å². The second-order valence-electron chi connectivity index (χ2n) is 4.69. The number of nitrogens with two attached hydrogens (primary N) is 1. The third kappa shape index (κ3) is 2.33. The van der Waals surface area contributed by atoms with Gasteiger partial charge in [0.25, 0.3) is 5.95 Å².